The van der Waals surface area contributed by atoms with Crippen molar-refractivity contribution < 1.29 is 9.47 Å². The lowest BCUT2D eigenvalue weighted by atomic mass is 10.1. The highest BCUT2D eigenvalue weighted by Crippen LogP contribution is 2.25. The van der Waals surface area contributed by atoms with Crippen LogP contribution in [0.25, 0.3) is 0 Å². The molecule has 1 fully saturated rings. The van der Waals surface area contributed by atoms with Crippen LogP contribution in [0.15, 0.2) is 0 Å². The van der Waals surface area contributed by atoms with Gasteiger partial charge in [-0.15, -0.1) is 16.6 Å². The van der Waals surface area contributed by atoms with Gasteiger partial charge in [-0.2, -0.15) is 9.97 Å². The molecule has 1 aliphatic carbocycles. The number of hydrogen-bond donors (Lipinski definition) is 1. The molecule has 1 aromatic heterocycles. The number of ether oxygens (including phenoxy) is 2. The van der Waals surface area contributed by atoms with E-state index in [1.165, 1.54) is 33.5 Å². The van der Waals surface area contributed by atoms with E-state index in [4.69, 9.17) is 21.1 Å². The predicted molar refractivity (Wildman–Crippen MR) is 73.1 cm³/mol. The van der Waals surface area contributed by atoms with Gasteiger partial charge < -0.3 is 14.8 Å². The van der Waals surface area contributed by atoms with E-state index in [2.05, 4.69) is 20.3 Å². The van der Waals surface area contributed by atoms with Crippen molar-refractivity contribution in [2.75, 3.05) is 19.5 Å². The van der Waals surface area contributed by atoms with Crippen molar-refractivity contribution in [1.29, 1.82) is 0 Å². The van der Waals surface area contributed by atoms with Gasteiger partial charge in [-0.25, -0.2) is 0 Å². The molecule has 19 heavy (non-hydrogen) atoms. The van der Waals surface area contributed by atoms with E-state index in [1.54, 1.807) is 0 Å². The third-order valence-electron chi connectivity index (χ3n) is 3.21. The first kappa shape index (κ1) is 14.1. The van der Waals surface area contributed by atoms with Crippen molar-refractivity contribution >= 4 is 17.5 Å². The molecule has 0 aliphatic heterocycles. The van der Waals surface area contributed by atoms with Crippen molar-refractivity contribution in [3.63, 3.8) is 0 Å². The van der Waals surface area contributed by atoms with Crippen LogP contribution in [-0.4, -0.2) is 40.6 Å². The summed E-state index contributed by atoms with van der Waals surface area (Å²) in [4.78, 5) is 12.3. The highest BCUT2D eigenvalue weighted by molar-refractivity contribution is 6.21. The Morgan fingerprint density at radius 2 is 1.63 bits per heavy atom. The molecule has 0 aromatic carbocycles. The number of hydrogen-bond acceptors (Lipinski definition) is 6. The quantitative estimate of drug-likeness (QED) is 0.676. The normalized spacial score (nSPS) is 23.5. The maximum absolute atomic E-state index is 6.39. The summed E-state index contributed by atoms with van der Waals surface area (Å²) in [5.74, 6) is 0.446. The summed E-state index contributed by atoms with van der Waals surface area (Å²) in [7, 11) is 3.02. The lowest BCUT2D eigenvalue weighted by Crippen LogP contribution is -2.29. The maximum Gasteiger partial charge on any atom is 0.324 e. The number of nitrogens with one attached hydrogen (secondary N) is 1. The summed E-state index contributed by atoms with van der Waals surface area (Å²) in [5.41, 5.74) is 0. The van der Waals surface area contributed by atoms with Crippen LogP contribution in [0.2, 0.25) is 0 Å². The molecule has 7 heteroatoms. The number of halogens is 1. The summed E-state index contributed by atoms with van der Waals surface area (Å²) in [6, 6.07) is 0.629. The van der Waals surface area contributed by atoms with Crippen LogP contribution < -0.4 is 14.8 Å². The summed E-state index contributed by atoms with van der Waals surface area (Å²) in [6.45, 7) is 0. The average Bonchev–Trinajstić information content (AvgIpc) is 2.63. The summed E-state index contributed by atoms with van der Waals surface area (Å²) in [5, 5.41) is 3.36. The molecule has 0 saturated heterocycles. The van der Waals surface area contributed by atoms with Crippen molar-refractivity contribution in [1.82, 2.24) is 15.0 Å². The van der Waals surface area contributed by atoms with E-state index < -0.39 is 0 Å². The zero-order valence-corrected chi connectivity index (χ0v) is 12.0. The molecule has 0 spiro atoms. The van der Waals surface area contributed by atoms with Crippen molar-refractivity contribution in [3.8, 4) is 12.0 Å². The van der Waals surface area contributed by atoms with Crippen LogP contribution in [-0.2, 0) is 0 Å². The van der Waals surface area contributed by atoms with Gasteiger partial charge in [-0.1, -0.05) is 19.3 Å². The molecule has 1 aromatic rings. The minimum absolute atomic E-state index is 0.0938. The molecule has 0 radical (unpaired) electrons. The molecule has 0 bridgehead atoms. The van der Waals surface area contributed by atoms with Crippen molar-refractivity contribution in [2.24, 2.45) is 0 Å². The third kappa shape index (κ3) is 3.83. The third-order valence-corrected chi connectivity index (χ3v) is 3.73. The minimum atomic E-state index is 0.0938. The first-order valence-electron chi connectivity index (χ1n) is 6.47. The fraction of sp³-hybridized carbons (Fsp3) is 0.750. The Labute approximate surface area is 117 Å². The Hall–Kier alpha value is -1.30. The molecule has 1 aliphatic rings. The Balaban J connectivity index is 2.12. The predicted octanol–water partition coefficient (Wildman–Crippen LogP) is 2.24. The van der Waals surface area contributed by atoms with E-state index in [-0.39, 0.29) is 23.4 Å². The second kappa shape index (κ2) is 6.75. The van der Waals surface area contributed by atoms with Gasteiger partial charge >= 0.3 is 12.0 Å². The Kier molecular flexibility index (Phi) is 5.01. The van der Waals surface area contributed by atoms with Gasteiger partial charge in [0.2, 0.25) is 5.95 Å². The fourth-order valence-electron chi connectivity index (χ4n) is 2.18. The number of methoxy groups -OCH3 is 2. The van der Waals surface area contributed by atoms with E-state index >= 15 is 0 Å². The zero-order chi connectivity index (χ0) is 13.7. The number of anilines is 1. The average molecular weight is 287 g/mol. The van der Waals surface area contributed by atoms with E-state index in [0.29, 0.717) is 5.95 Å². The maximum atomic E-state index is 6.39. The monoisotopic (exact) mass is 286 g/mol. The van der Waals surface area contributed by atoms with Crippen LogP contribution in [0.3, 0.4) is 0 Å². The van der Waals surface area contributed by atoms with Gasteiger partial charge in [0.1, 0.15) is 0 Å². The van der Waals surface area contributed by atoms with Crippen LogP contribution >= 0.6 is 11.6 Å². The molecule has 1 N–H and O–H groups in total. The molecule has 1 heterocycles. The fourth-order valence-corrected chi connectivity index (χ4v) is 2.52. The molecular weight excluding hydrogens is 268 g/mol. The summed E-state index contributed by atoms with van der Waals surface area (Å²) in [6.07, 6.45) is 5.60. The highest BCUT2D eigenvalue weighted by Gasteiger charge is 2.23. The standard InChI is InChI=1S/C12H19ClN4O2/c1-18-11-15-10(16-12(17-11)19-2)14-9-7-5-3-4-6-8(9)13/h8-9H,3-7H2,1-2H3,(H,14,15,16,17). The number of alkyl halides is 1. The van der Waals surface area contributed by atoms with Crippen LogP contribution in [0, 0.1) is 0 Å². The van der Waals surface area contributed by atoms with Gasteiger partial charge in [0.25, 0.3) is 0 Å². The van der Waals surface area contributed by atoms with Gasteiger partial charge in [0.15, 0.2) is 0 Å². The zero-order valence-electron chi connectivity index (χ0n) is 11.2. The first-order valence-corrected chi connectivity index (χ1v) is 6.91. The van der Waals surface area contributed by atoms with Gasteiger partial charge in [-0.05, 0) is 12.8 Å². The highest BCUT2D eigenvalue weighted by atomic mass is 35.5. The molecule has 106 valence electrons. The number of nitrogens with zero attached hydrogens (tertiary/aromatic N) is 3. The topological polar surface area (TPSA) is 69.2 Å². The lowest BCUT2D eigenvalue weighted by molar-refractivity contribution is 0.340. The Morgan fingerprint density at radius 1 is 1.00 bits per heavy atom. The molecule has 6 nitrogen and oxygen atoms in total. The number of rotatable bonds is 4. The molecule has 0 amide bonds. The van der Waals surface area contributed by atoms with E-state index in [0.717, 1.165) is 12.8 Å². The summed E-state index contributed by atoms with van der Waals surface area (Å²) < 4.78 is 10.0. The van der Waals surface area contributed by atoms with Crippen molar-refractivity contribution in [3.05, 3.63) is 0 Å². The van der Waals surface area contributed by atoms with E-state index in [1.807, 2.05) is 0 Å². The van der Waals surface area contributed by atoms with Gasteiger partial charge in [0, 0.05) is 6.04 Å². The smallest absolute Gasteiger partial charge is 0.324 e. The van der Waals surface area contributed by atoms with Crippen LogP contribution in [0.1, 0.15) is 32.1 Å². The first-order chi connectivity index (χ1) is 9.22. The molecule has 2 unspecified atom stereocenters. The van der Waals surface area contributed by atoms with Crippen LogP contribution in [0.5, 0.6) is 12.0 Å². The second-order valence-electron chi connectivity index (χ2n) is 4.54. The van der Waals surface area contributed by atoms with Gasteiger partial charge in [-0.3, -0.25) is 0 Å². The Morgan fingerprint density at radius 3 is 2.26 bits per heavy atom. The lowest BCUT2D eigenvalue weighted by Gasteiger charge is -2.21. The Bertz CT molecular complexity index is 396. The largest absolute Gasteiger partial charge is 0.467 e. The minimum Gasteiger partial charge on any atom is -0.467 e. The van der Waals surface area contributed by atoms with E-state index in [9.17, 15) is 0 Å². The molecular formula is C12H19ClN4O2. The molecule has 2 rings (SSSR count). The van der Waals surface area contributed by atoms with Gasteiger partial charge in [0.05, 0.1) is 19.6 Å². The second-order valence-corrected chi connectivity index (χ2v) is 5.10. The SMILES string of the molecule is COc1nc(NC2CCCCCC2Cl)nc(OC)n1. The van der Waals surface area contributed by atoms with Crippen LogP contribution in [0.4, 0.5) is 5.95 Å². The number of aromatic nitrogens is 3. The molecule has 2 atom stereocenters. The molecule has 1 saturated carbocycles. The summed E-state index contributed by atoms with van der Waals surface area (Å²) >= 11 is 6.39. The van der Waals surface area contributed by atoms with Crippen molar-refractivity contribution in [2.45, 2.75) is 43.5 Å².